The molecule has 0 saturated carbocycles. The Bertz CT molecular complexity index is 935. The van der Waals surface area contributed by atoms with Crippen LogP contribution in [0.15, 0.2) is 22.7 Å². The van der Waals surface area contributed by atoms with Crippen LogP contribution in [0.4, 0.5) is 5.69 Å². The van der Waals surface area contributed by atoms with Crippen molar-refractivity contribution < 1.29 is 19.2 Å². The van der Waals surface area contributed by atoms with E-state index in [1.807, 2.05) is 19.9 Å². The zero-order valence-corrected chi connectivity index (χ0v) is 17.8. The van der Waals surface area contributed by atoms with Gasteiger partial charge in [0.25, 0.3) is 0 Å². The van der Waals surface area contributed by atoms with Gasteiger partial charge in [-0.15, -0.1) is 0 Å². The third kappa shape index (κ3) is 2.74. The topological polar surface area (TPSA) is 122 Å². The van der Waals surface area contributed by atoms with Crippen LogP contribution < -0.4 is 16.4 Å². The second-order valence-corrected chi connectivity index (χ2v) is 8.93. The molecule has 4 rings (SSSR count). The third-order valence-corrected chi connectivity index (χ3v) is 6.94. The SMILES string of the molecule is CCC(C)N1C(=O)[C@@H]2C(CCC(N)=O)NC3(C(=O)Nc4ccc(Br)cc43)[C@@H]2C1=O. The third-order valence-electron chi connectivity index (χ3n) is 6.44. The number of benzene rings is 1. The number of nitrogens with zero attached hydrogens (tertiary/aromatic N) is 1. The van der Waals surface area contributed by atoms with E-state index in [9.17, 15) is 19.2 Å². The predicted molar refractivity (Wildman–Crippen MR) is 108 cm³/mol. The molecule has 1 spiro atoms. The van der Waals surface area contributed by atoms with Crippen molar-refractivity contribution in [2.45, 2.75) is 50.7 Å². The van der Waals surface area contributed by atoms with Gasteiger partial charge in [-0.3, -0.25) is 29.4 Å². The van der Waals surface area contributed by atoms with Crippen molar-refractivity contribution in [3.8, 4) is 0 Å². The Hall–Kier alpha value is -2.26. The van der Waals surface area contributed by atoms with Crippen LogP contribution in [0.1, 0.15) is 38.7 Å². The Morgan fingerprint density at radius 2 is 2.03 bits per heavy atom. The second-order valence-electron chi connectivity index (χ2n) is 8.02. The number of hydrogen-bond donors (Lipinski definition) is 3. The molecule has 0 aromatic heterocycles. The Morgan fingerprint density at radius 3 is 2.69 bits per heavy atom. The maximum Gasteiger partial charge on any atom is 0.250 e. The fourth-order valence-corrected chi connectivity index (χ4v) is 5.32. The zero-order chi connectivity index (χ0) is 21.1. The van der Waals surface area contributed by atoms with E-state index in [4.69, 9.17) is 5.73 Å². The van der Waals surface area contributed by atoms with Crippen LogP contribution in [0.3, 0.4) is 0 Å². The maximum atomic E-state index is 13.5. The summed E-state index contributed by atoms with van der Waals surface area (Å²) >= 11 is 3.44. The number of rotatable bonds is 5. The highest BCUT2D eigenvalue weighted by Crippen LogP contribution is 2.54. The lowest BCUT2D eigenvalue weighted by Gasteiger charge is -2.31. The molecule has 3 aliphatic rings. The van der Waals surface area contributed by atoms with E-state index < -0.39 is 29.3 Å². The summed E-state index contributed by atoms with van der Waals surface area (Å²) in [6, 6.07) is 4.61. The maximum absolute atomic E-state index is 13.5. The second kappa shape index (κ2) is 6.91. The number of carbonyl (C=O) groups is 4. The monoisotopic (exact) mass is 462 g/mol. The van der Waals surface area contributed by atoms with E-state index in [-0.39, 0.29) is 36.6 Å². The summed E-state index contributed by atoms with van der Waals surface area (Å²) in [5, 5.41) is 6.14. The van der Waals surface area contributed by atoms with E-state index >= 15 is 0 Å². The van der Waals surface area contributed by atoms with Gasteiger partial charge in [-0.05, 0) is 38.0 Å². The highest BCUT2D eigenvalue weighted by atomic mass is 79.9. The van der Waals surface area contributed by atoms with Crippen molar-refractivity contribution in [3.05, 3.63) is 28.2 Å². The largest absolute Gasteiger partial charge is 0.370 e. The molecule has 0 aliphatic carbocycles. The van der Waals surface area contributed by atoms with E-state index in [0.29, 0.717) is 17.7 Å². The van der Waals surface area contributed by atoms with Gasteiger partial charge in [-0.2, -0.15) is 0 Å². The van der Waals surface area contributed by atoms with Crippen LogP contribution in [0.5, 0.6) is 0 Å². The summed E-state index contributed by atoms with van der Waals surface area (Å²) in [7, 11) is 0. The Kier molecular flexibility index (Phi) is 4.77. The lowest BCUT2D eigenvalue weighted by Crippen LogP contribution is -2.54. The Morgan fingerprint density at radius 1 is 1.31 bits per heavy atom. The van der Waals surface area contributed by atoms with Gasteiger partial charge in [-0.25, -0.2) is 0 Å². The van der Waals surface area contributed by atoms with Crippen molar-refractivity contribution in [1.29, 1.82) is 0 Å². The van der Waals surface area contributed by atoms with Crippen LogP contribution in [-0.2, 0) is 24.7 Å². The molecule has 3 heterocycles. The first-order chi connectivity index (χ1) is 13.7. The summed E-state index contributed by atoms with van der Waals surface area (Å²) in [4.78, 5) is 52.7. The van der Waals surface area contributed by atoms with Crippen LogP contribution in [-0.4, -0.2) is 40.6 Å². The number of primary amides is 1. The van der Waals surface area contributed by atoms with Crippen LogP contribution in [0.25, 0.3) is 0 Å². The van der Waals surface area contributed by atoms with Gasteiger partial charge in [0.05, 0.1) is 11.8 Å². The van der Waals surface area contributed by atoms with E-state index in [0.717, 1.165) is 4.47 Å². The molecule has 9 heteroatoms. The minimum Gasteiger partial charge on any atom is -0.370 e. The number of fused-ring (bicyclic) bond motifs is 4. The molecule has 154 valence electrons. The predicted octanol–water partition coefficient (Wildman–Crippen LogP) is 1.23. The minimum atomic E-state index is -1.35. The average Bonchev–Trinajstić information content (AvgIpc) is 3.25. The Labute approximate surface area is 176 Å². The molecule has 2 saturated heterocycles. The molecular weight excluding hydrogens is 440 g/mol. The standard InChI is InChI=1S/C20H23BrN4O4/c1-3-9(2)25-17(27)15-13(6-7-14(22)26)24-20(16(15)18(25)28)11-8-10(21)4-5-12(11)23-19(20)29/h4-5,8-9,13,15-16,24H,3,6-7H2,1-2H3,(H2,22,26)(H,23,29)/t9?,13?,15-,16+,20?/m1/s1. The van der Waals surface area contributed by atoms with Crippen molar-refractivity contribution >= 4 is 45.2 Å². The minimum absolute atomic E-state index is 0.0642. The number of likely N-dealkylation sites (tertiary alicyclic amines) is 1. The number of imide groups is 1. The van der Waals surface area contributed by atoms with E-state index in [1.165, 1.54) is 4.90 Å². The molecule has 0 bridgehead atoms. The molecule has 2 fully saturated rings. The number of amides is 4. The molecule has 29 heavy (non-hydrogen) atoms. The molecule has 1 aromatic carbocycles. The molecule has 3 unspecified atom stereocenters. The number of hydrogen-bond acceptors (Lipinski definition) is 5. The first-order valence-electron chi connectivity index (χ1n) is 9.76. The zero-order valence-electron chi connectivity index (χ0n) is 16.2. The van der Waals surface area contributed by atoms with E-state index in [1.54, 1.807) is 12.1 Å². The van der Waals surface area contributed by atoms with E-state index in [2.05, 4.69) is 26.6 Å². The van der Waals surface area contributed by atoms with Crippen molar-refractivity contribution in [3.63, 3.8) is 0 Å². The van der Waals surface area contributed by atoms with Gasteiger partial charge < -0.3 is 11.1 Å². The van der Waals surface area contributed by atoms with Gasteiger partial charge in [0.1, 0.15) is 5.54 Å². The molecule has 5 atom stereocenters. The molecule has 8 nitrogen and oxygen atoms in total. The molecule has 4 N–H and O–H groups in total. The number of anilines is 1. The molecule has 4 amide bonds. The molecule has 0 radical (unpaired) electrons. The summed E-state index contributed by atoms with van der Waals surface area (Å²) in [6.07, 6.45) is 0.967. The van der Waals surface area contributed by atoms with Crippen molar-refractivity contribution in [2.24, 2.45) is 17.6 Å². The summed E-state index contributed by atoms with van der Waals surface area (Å²) < 4.78 is 0.765. The van der Waals surface area contributed by atoms with Gasteiger partial charge in [0, 0.05) is 34.2 Å². The fourth-order valence-electron chi connectivity index (χ4n) is 4.96. The first-order valence-corrected chi connectivity index (χ1v) is 10.6. The van der Waals surface area contributed by atoms with Crippen LogP contribution in [0, 0.1) is 11.8 Å². The number of nitrogens with one attached hydrogen (secondary N) is 2. The molecular formula is C20H23BrN4O4. The van der Waals surface area contributed by atoms with Gasteiger partial charge in [0.2, 0.25) is 23.6 Å². The highest BCUT2D eigenvalue weighted by molar-refractivity contribution is 9.10. The lowest BCUT2D eigenvalue weighted by molar-refractivity contribution is -0.145. The van der Waals surface area contributed by atoms with Crippen LogP contribution >= 0.6 is 15.9 Å². The molecule has 3 aliphatic heterocycles. The molecule has 1 aromatic rings. The van der Waals surface area contributed by atoms with Gasteiger partial charge in [-0.1, -0.05) is 22.9 Å². The Balaban J connectivity index is 1.85. The fraction of sp³-hybridized carbons (Fsp3) is 0.500. The normalized spacial score (nSPS) is 31.2. The summed E-state index contributed by atoms with van der Waals surface area (Å²) in [6.45, 7) is 3.74. The number of carbonyl (C=O) groups excluding carboxylic acids is 4. The van der Waals surface area contributed by atoms with Crippen molar-refractivity contribution in [1.82, 2.24) is 10.2 Å². The average molecular weight is 463 g/mol. The first kappa shape index (κ1) is 20.0. The highest BCUT2D eigenvalue weighted by Gasteiger charge is 2.70. The smallest absolute Gasteiger partial charge is 0.250 e. The summed E-state index contributed by atoms with van der Waals surface area (Å²) in [5.74, 6) is -3.05. The summed E-state index contributed by atoms with van der Waals surface area (Å²) in [5.41, 5.74) is 5.23. The quantitative estimate of drug-likeness (QED) is 0.568. The number of halogens is 1. The number of nitrogens with two attached hydrogens (primary N) is 1. The van der Waals surface area contributed by atoms with Gasteiger partial charge in [0.15, 0.2) is 0 Å². The van der Waals surface area contributed by atoms with Gasteiger partial charge >= 0.3 is 0 Å². The van der Waals surface area contributed by atoms with Crippen molar-refractivity contribution in [2.75, 3.05) is 5.32 Å². The lowest BCUT2D eigenvalue weighted by atomic mass is 9.76. The van der Waals surface area contributed by atoms with Crippen LogP contribution in [0.2, 0.25) is 0 Å².